The molecule has 2 heterocycles. The van der Waals surface area contributed by atoms with Crippen molar-refractivity contribution in [1.82, 2.24) is 9.80 Å². The Hall–Kier alpha value is -1.59. The van der Waals surface area contributed by atoms with Crippen LogP contribution in [0.3, 0.4) is 0 Å². The maximum absolute atomic E-state index is 13.2. The highest BCUT2D eigenvalue weighted by atomic mass is 35.5. The molecule has 1 aromatic carbocycles. The SMILES string of the molecule is CC(C(=O)N1CCCC2CCCCC21)N1C(=O)c2cc(Cl)c(Cl)cc2C1=O. The van der Waals surface area contributed by atoms with Gasteiger partial charge in [-0.15, -0.1) is 0 Å². The number of fused-ring (bicyclic) bond motifs is 2. The predicted octanol–water partition coefficient (Wildman–Crippen LogP) is 4.16. The van der Waals surface area contributed by atoms with Gasteiger partial charge in [0.25, 0.3) is 11.8 Å². The predicted molar refractivity (Wildman–Crippen MR) is 103 cm³/mol. The monoisotopic (exact) mass is 408 g/mol. The van der Waals surface area contributed by atoms with E-state index in [9.17, 15) is 14.4 Å². The molecule has 1 aromatic rings. The number of carbonyl (C=O) groups excluding carboxylic acids is 3. The van der Waals surface area contributed by atoms with Gasteiger partial charge in [-0.2, -0.15) is 0 Å². The van der Waals surface area contributed by atoms with Crippen LogP contribution in [0.25, 0.3) is 0 Å². The zero-order chi connectivity index (χ0) is 19.3. The number of benzene rings is 1. The lowest BCUT2D eigenvalue weighted by atomic mass is 9.78. The van der Waals surface area contributed by atoms with Crippen molar-refractivity contribution in [2.75, 3.05) is 6.54 Å². The highest BCUT2D eigenvalue weighted by Crippen LogP contribution is 2.37. The van der Waals surface area contributed by atoms with Crippen molar-refractivity contribution < 1.29 is 14.4 Å². The van der Waals surface area contributed by atoms with Crippen LogP contribution in [0.4, 0.5) is 0 Å². The molecule has 3 amide bonds. The second kappa shape index (κ2) is 7.10. The summed E-state index contributed by atoms with van der Waals surface area (Å²) in [6.07, 6.45) is 6.66. The van der Waals surface area contributed by atoms with Crippen molar-refractivity contribution in [3.05, 3.63) is 33.3 Å². The van der Waals surface area contributed by atoms with Crippen molar-refractivity contribution in [3.8, 4) is 0 Å². The number of rotatable bonds is 2. The first-order chi connectivity index (χ1) is 12.9. The molecule has 1 saturated heterocycles. The highest BCUT2D eigenvalue weighted by Gasteiger charge is 2.45. The van der Waals surface area contributed by atoms with Crippen LogP contribution in [0.5, 0.6) is 0 Å². The Balaban J connectivity index is 1.59. The van der Waals surface area contributed by atoms with Crippen LogP contribution in [-0.2, 0) is 4.79 Å². The molecular formula is C20H22Cl2N2O3. The summed E-state index contributed by atoms with van der Waals surface area (Å²) in [7, 11) is 0. The Kier molecular flexibility index (Phi) is 4.93. The van der Waals surface area contributed by atoms with Gasteiger partial charge in [-0.3, -0.25) is 19.3 Å². The summed E-state index contributed by atoms with van der Waals surface area (Å²) >= 11 is 12.0. The highest BCUT2D eigenvalue weighted by molar-refractivity contribution is 6.43. The fourth-order valence-electron chi connectivity index (χ4n) is 4.85. The van der Waals surface area contributed by atoms with E-state index >= 15 is 0 Å². The lowest BCUT2D eigenvalue weighted by Gasteiger charge is -2.45. The zero-order valence-corrected chi connectivity index (χ0v) is 16.7. The fraction of sp³-hybridized carbons (Fsp3) is 0.550. The van der Waals surface area contributed by atoms with Crippen LogP contribution in [0.2, 0.25) is 10.0 Å². The van der Waals surface area contributed by atoms with E-state index in [1.807, 2.05) is 4.90 Å². The van der Waals surface area contributed by atoms with Gasteiger partial charge in [0.15, 0.2) is 0 Å². The molecule has 3 aliphatic rings. The lowest BCUT2D eigenvalue weighted by Crippen LogP contribution is -2.56. The molecule has 0 N–H and O–H groups in total. The van der Waals surface area contributed by atoms with Gasteiger partial charge in [0, 0.05) is 12.6 Å². The molecule has 5 nitrogen and oxygen atoms in total. The van der Waals surface area contributed by atoms with Crippen LogP contribution in [0.1, 0.15) is 66.2 Å². The molecule has 2 aliphatic heterocycles. The molecule has 0 spiro atoms. The van der Waals surface area contributed by atoms with E-state index in [0.717, 1.165) is 37.0 Å². The first kappa shape index (κ1) is 18.8. The molecular weight excluding hydrogens is 387 g/mol. The van der Waals surface area contributed by atoms with E-state index in [1.165, 1.54) is 18.6 Å². The number of carbonyl (C=O) groups is 3. The van der Waals surface area contributed by atoms with E-state index < -0.39 is 17.9 Å². The van der Waals surface area contributed by atoms with Gasteiger partial charge in [0.1, 0.15) is 6.04 Å². The summed E-state index contributed by atoms with van der Waals surface area (Å²) in [6.45, 7) is 2.34. The average molecular weight is 409 g/mol. The summed E-state index contributed by atoms with van der Waals surface area (Å²) in [5.74, 6) is -0.556. The smallest absolute Gasteiger partial charge is 0.262 e. The van der Waals surface area contributed by atoms with E-state index in [2.05, 4.69) is 0 Å². The number of imide groups is 1. The van der Waals surface area contributed by atoms with Gasteiger partial charge >= 0.3 is 0 Å². The minimum absolute atomic E-state index is 0.140. The molecule has 0 bridgehead atoms. The summed E-state index contributed by atoms with van der Waals surface area (Å²) < 4.78 is 0. The Labute approximate surface area is 168 Å². The zero-order valence-electron chi connectivity index (χ0n) is 15.2. The number of amides is 3. The molecule has 4 rings (SSSR count). The number of likely N-dealkylation sites (tertiary alicyclic amines) is 1. The molecule has 1 saturated carbocycles. The van der Waals surface area contributed by atoms with E-state index in [-0.39, 0.29) is 33.1 Å². The standard InChI is InChI=1S/C20H22Cl2N2O3/c1-11(18(25)23-8-4-6-12-5-2-3-7-17(12)23)24-19(26)13-9-15(21)16(22)10-14(13)20(24)27/h9-12,17H,2-8H2,1H3. The summed E-state index contributed by atoms with van der Waals surface area (Å²) in [5, 5.41) is 0.442. The molecule has 7 heteroatoms. The van der Waals surface area contributed by atoms with Crippen LogP contribution < -0.4 is 0 Å². The minimum Gasteiger partial charge on any atom is -0.338 e. The second-order valence-electron chi connectivity index (χ2n) is 7.75. The van der Waals surface area contributed by atoms with Gasteiger partial charge in [-0.25, -0.2) is 0 Å². The largest absolute Gasteiger partial charge is 0.338 e. The molecule has 3 unspecified atom stereocenters. The molecule has 144 valence electrons. The topological polar surface area (TPSA) is 57.7 Å². The van der Waals surface area contributed by atoms with Crippen molar-refractivity contribution in [3.63, 3.8) is 0 Å². The second-order valence-corrected chi connectivity index (χ2v) is 8.57. The van der Waals surface area contributed by atoms with Crippen molar-refractivity contribution in [1.29, 1.82) is 0 Å². The number of halogens is 2. The van der Waals surface area contributed by atoms with Crippen LogP contribution in [0.15, 0.2) is 12.1 Å². The summed E-state index contributed by atoms with van der Waals surface area (Å²) in [5.41, 5.74) is 0.423. The Morgan fingerprint density at radius 1 is 1.00 bits per heavy atom. The normalized spacial score (nSPS) is 26.0. The van der Waals surface area contributed by atoms with Crippen LogP contribution in [-0.4, -0.2) is 46.1 Å². The molecule has 0 aromatic heterocycles. The molecule has 2 fully saturated rings. The van der Waals surface area contributed by atoms with Gasteiger partial charge in [-0.05, 0) is 50.7 Å². The lowest BCUT2D eigenvalue weighted by molar-refractivity contribution is -0.141. The third-order valence-corrected chi connectivity index (χ3v) is 6.95. The molecule has 27 heavy (non-hydrogen) atoms. The van der Waals surface area contributed by atoms with Crippen molar-refractivity contribution >= 4 is 40.9 Å². The number of hydrogen-bond acceptors (Lipinski definition) is 3. The average Bonchev–Trinajstić information content (AvgIpc) is 2.90. The quantitative estimate of drug-likeness (QED) is 0.690. The van der Waals surface area contributed by atoms with Crippen molar-refractivity contribution in [2.24, 2.45) is 5.92 Å². The van der Waals surface area contributed by atoms with Crippen LogP contribution in [0, 0.1) is 5.92 Å². The Morgan fingerprint density at radius 3 is 2.19 bits per heavy atom. The summed E-state index contributed by atoms with van der Waals surface area (Å²) in [6, 6.07) is 2.22. The molecule has 0 radical (unpaired) electrons. The molecule has 3 atom stereocenters. The number of nitrogens with zero attached hydrogens (tertiary/aromatic N) is 2. The van der Waals surface area contributed by atoms with E-state index in [1.54, 1.807) is 6.92 Å². The van der Waals surface area contributed by atoms with Gasteiger partial charge in [-0.1, -0.05) is 36.0 Å². The Bertz CT molecular complexity index is 783. The van der Waals surface area contributed by atoms with Crippen LogP contribution >= 0.6 is 23.2 Å². The van der Waals surface area contributed by atoms with Gasteiger partial charge < -0.3 is 4.90 Å². The number of hydrogen-bond donors (Lipinski definition) is 0. The minimum atomic E-state index is -0.837. The van der Waals surface area contributed by atoms with E-state index in [0.29, 0.717) is 12.5 Å². The van der Waals surface area contributed by atoms with Crippen molar-refractivity contribution in [2.45, 2.75) is 57.5 Å². The first-order valence-electron chi connectivity index (χ1n) is 9.57. The fourth-order valence-corrected chi connectivity index (χ4v) is 5.18. The van der Waals surface area contributed by atoms with Gasteiger partial charge in [0.05, 0.1) is 21.2 Å². The number of piperidine rings is 1. The maximum Gasteiger partial charge on any atom is 0.262 e. The third-order valence-electron chi connectivity index (χ3n) is 6.23. The molecule has 1 aliphatic carbocycles. The first-order valence-corrected chi connectivity index (χ1v) is 10.3. The Morgan fingerprint density at radius 2 is 1.56 bits per heavy atom. The van der Waals surface area contributed by atoms with E-state index in [4.69, 9.17) is 23.2 Å². The van der Waals surface area contributed by atoms with Gasteiger partial charge in [0.2, 0.25) is 5.91 Å². The third kappa shape index (κ3) is 3.05. The summed E-state index contributed by atoms with van der Waals surface area (Å²) in [4.78, 5) is 41.9. The maximum atomic E-state index is 13.2.